The Hall–Kier alpha value is -1.02. The van der Waals surface area contributed by atoms with Gasteiger partial charge in [-0.15, -0.1) is 0 Å². The smallest absolute Gasteiger partial charge is 0.119 e. The molecule has 0 bridgehead atoms. The van der Waals surface area contributed by atoms with Gasteiger partial charge in [-0.2, -0.15) is 0 Å². The lowest BCUT2D eigenvalue weighted by Crippen LogP contribution is -2.15. The molecule has 2 heteroatoms. The van der Waals surface area contributed by atoms with Crippen molar-refractivity contribution in [2.75, 3.05) is 6.61 Å². The molecule has 1 aromatic rings. The average Bonchev–Trinajstić information content (AvgIpc) is 2.26. The summed E-state index contributed by atoms with van der Waals surface area (Å²) in [6.45, 7) is 4.43. The van der Waals surface area contributed by atoms with E-state index in [0.717, 1.165) is 18.6 Å². The largest absolute Gasteiger partial charge is 0.491 e. The van der Waals surface area contributed by atoms with Crippen molar-refractivity contribution in [3.63, 3.8) is 0 Å². The van der Waals surface area contributed by atoms with E-state index < -0.39 is 0 Å². The molecule has 1 N–H and O–H groups in total. The van der Waals surface area contributed by atoms with E-state index in [1.807, 2.05) is 25.1 Å². The number of aliphatic hydroxyl groups excluding tert-OH is 1. The summed E-state index contributed by atoms with van der Waals surface area (Å²) in [5, 5.41) is 9.32. The van der Waals surface area contributed by atoms with Gasteiger partial charge in [-0.1, -0.05) is 26.0 Å². The zero-order valence-electron chi connectivity index (χ0n) is 8.86. The maximum absolute atomic E-state index is 9.32. The number of aryl methyl sites for hydroxylation is 1. The molecule has 0 aliphatic heterocycles. The zero-order chi connectivity index (χ0) is 10.4. The van der Waals surface area contributed by atoms with Gasteiger partial charge in [0.1, 0.15) is 12.4 Å². The first-order valence-electron chi connectivity index (χ1n) is 5.16. The van der Waals surface area contributed by atoms with E-state index in [1.54, 1.807) is 0 Å². The van der Waals surface area contributed by atoms with E-state index in [4.69, 9.17) is 4.74 Å². The fraction of sp³-hybridized carbons (Fsp3) is 0.500. The molecule has 2 nitrogen and oxygen atoms in total. The Kier molecular flexibility index (Phi) is 4.47. The van der Waals surface area contributed by atoms with Crippen LogP contribution >= 0.6 is 0 Å². The predicted molar refractivity (Wildman–Crippen MR) is 57.6 cm³/mol. The van der Waals surface area contributed by atoms with E-state index >= 15 is 0 Å². The average molecular weight is 194 g/mol. The summed E-state index contributed by atoms with van der Waals surface area (Å²) in [7, 11) is 0. The quantitative estimate of drug-likeness (QED) is 0.780. The molecule has 0 saturated carbocycles. The van der Waals surface area contributed by atoms with Crippen LogP contribution in [-0.4, -0.2) is 17.8 Å². The third kappa shape index (κ3) is 3.38. The van der Waals surface area contributed by atoms with Gasteiger partial charge in [-0.05, 0) is 30.5 Å². The Balaban J connectivity index is 2.50. The van der Waals surface area contributed by atoms with Crippen LogP contribution in [0.5, 0.6) is 5.75 Å². The second-order valence-electron chi connectivity index (χ2n) is 3.37. The number of ether oxygens (including phenoxy) is 1. The molecule has 1 unspecified atom stereocenters. The summed E-state index contributed by atoms with van der Waals surface area (Å²) in [4.78, 5) is 0. The number of aliphatic hydroxyl groups is 1. The van der Waals surface area contributed by atoms with Gasteiger partial charge in [0.2, 0.25) is 0 Å². The van der Waals surface area contributed by atoms with Crippen molar-refractivity contribution >= 4 is 0 Å². The molecular weight excluding hydrogens is 176 g/mol. The van der Waals surface area contributed by atoms with Gasteiger partial charge in [0, 0.05) is 0 Å². The zero-order valence-corrected chi connectivity index (χ0v) is 8.86. The van der Waals surface area contributed by atoms with Crippen molar-refractivity contribution in [3.8, 4) is 5.75 Å². The van der Waals surface area contributed by atoms with Gasteiger partial charge in [0.15, 0.2) is 0 Å². The van der Waals surface area contributed by atoms with Gasteiger partial charge in [0.05, 0.1) is 6.10 Å². The molecule has 0 amide bonds. The van der Waals surface area contributed by atoms with E-state index in [1.165, 1.54) is 5.56 Å². The SMILES string of the molecule is CCc1cccc(OCC(O)CC)c1. The van der Waals surface area contributed by atoms with Crippen LogP contribution < -0.4 is 4.74 Å². The molecule has 0 aromatic heterocycles. The summed E-state index contributed by atoms with van der Waals surface area (Å²) in [6, 6.07) is 7.99. The lowest BCUT2D eigenvalue weighted by Gasteiger charge is -2.10. The van der Waals surface area contributed by atoms with Crippen LogP contribution in [0.15, 0.2) is 24.3 Å². The number of benzene rings is 1. The number of rotatable bonds is 5. The highest BCUT2D eigenvalue weighted by molar-refractivity contribution is 5.28. The normalized spacial score (nSPS) is 12.5. The minimum Gasteiger partial charge on any atom is -0.491 e. The van der Waals surface area contributed by atoms with Crippen LogP contribution in [0.2, 0.25) is 0 Å². The van der Waals surface area contributed by atoms with Gasteiger partial charge < -0.3 is 9.84 Å². The summed E-state index contributed by atoms with van der Waals surface area (Å²) >= 11 is 0. The van der Waals surface area contributed by atoms with Gasteiger partial charge in [-0.25, -0.2) is 0 Å². The van der Waals surface area contributed by atoms with E-state index in [-0.39, 0.29) is 6.10 Å². The van der Waals surface area contributed by atoms with Crippen LogP contribution in [0.4, 0.5) is 0 Å². The Labute approximate surface area is 85.5 Å². The fourth-order valence-corrected chi connectivity index (χ4v) is 1.17. The second kappa shape index (κ2) is 5.66. The first-order valence-corrected chi connectivity index (χ1v) is 5.16. The third-order valence-corrected chi connectivity index (χ3v) is 2.22. The Bertz CT molecular complexity index is 271. The fourth-order valence-electron chi connectivity index (χ4n) is 1.17. The van der Waals surface area contributed by atoms with Crippen molar-refractivity contribution in [1.29, 1.82) is 0 Å². The molecule has 0 saturated heterocycles. The van der Waals surface area contributed by atoms with E-state index in [9.17, 15) is 5.11 Å². The molecule has 1 rings (SSSR count). The molecular formula is C12H18O2. The second-order valence-corrected chi connectivity index (χ2v) is 3.37. The molecule has 0 radical (unpaired) electrons. The number of hydrogen-bond donors (Lipinski definition) is 1. The van der Waals surface area contributed by atoms with E-state index in [2.05, 4.69) is 13.0 Å². The topological polar surface area (TPSA) is 29.5 Å². The van der Waals surface area contributed by atoms with E-state index in [0.29, 0.717) is 6.61 Å². The monoisotopic (exact) mass is 194 g/mol. The molecule has 0 spiro atoms. The molecule has 0 fully saturated rings. The first-order chi connectivity index (χ1) is 6.76. The van der Waals surface area contributed by atoms with Crippen molar-refractivity contribution in [2.45, 2.75) is 32.8 Å². The van der Waals surface area contributed by atoms with Crippen LogP contribution in [0.3, 0.4) is 0 Å². The highest BCUT2D eigenvalue weighted by atomic mass is 16.5. The molecule has 14 heavy (non-hydrogen) atoms. The Morgan fingerprint density at radius 2 is 2.14 bits per heavy atom. The highest BCUT2D eigenvalue weighted by Crippen LogP contribution is 2.14. The first kappa shape index (κ1) is 11.1. The molecule has 0 heterocycles. The van der Waals surface area contributed by atoms with Gasteiger partial charge in [-0.3, -0.25) is 0 Å². The summed E-state index contributed by atoms with van der Waals surface area (Å²) < 4.78 is 5.45. The predicted octanol–water partition coefficient (Wildman–Crippen LogP) is 2.40. The van der Waals surface area contributed by atoms with Crippen molar-refractivity contribution in [2.24, 2.45) is 0 Å². The minimum atomic E-state index is -0.361. The lowest BCUT2D eigenvalue weighted by atomic mass is 10.2. The minimum absolute atomic E-state index is 0.361. The van der Waals surface area contributed by atoms with Crippen LogP contribution in [0.1, 0.15) is 25.8 Å². The van der Waals surface area contributed by atoms with Crippen molar-refractivity contribution in [3.05, 3.63) is 29.8 Å². The summed E-state index contributed by atoms with van der Waals surface area (Å²) in [5.41, 5.74) is 1.26. The van der Waals surface area contributed by atoms with Gasteiger partial charge >= 0.3 is 0 Å². The number of hydrogen-bond acceptors (Lipinski definition) is 2. The third-order valence-electron chi connectivity index (χ3n) is 2.22. The summed E-state index contributed by atoms with van der Waals surface area (Å²) in [5.74, 6) is 0.844. The Morgan fingerprint density at radius 3 is 2.79 bits per heavy atom. The van der Waals surface area contributed by atoms with Crippen LogP contribution in [-0.2, 0) is 6.42 Å². The molecule has 0 aliphatic carbocycles. The Morgan fingerprint density at radius 1 is 1.36 bits per heavy atom. The molecule has 1 aromatic carbocycles. The maximum Gasteiger partial charge on any atom is 0.119 e. The lowest BCUT2D eigenvalue weighted by molar-refractivity contribution is 0.104. The maximum atomic E-state index is 9.32. The molecule has 0 aliphatic rings. The van der Waals surface area contributed by atoms with Gasteiger partial charge in [0.25, 0.3) is 0 Å². The summed E-state index contributed by atoms with van der Waals surface area (Å²) in [6.07, 6.45) is 1.38. The highest BCUT2D eigenvalue weighted by Gasteiger charge is 2.01. The van der Waals surface area contributed by atoms with Crippen LogP contribution in [0, 0.1) is 0 Å². The molecule has 78 valence electrons. The molecule has 1 atom stereocenters. The van der Waals surface area contributed by atoms with Crippen molar-refractivity contribution in [1.82, 2.24) is 0 Å². The van der Waals surface area contributed by atoms with Crippen molar-refractivity contribution < 1.29 is 9.84 Å². The standard InChI is InChI=1S/C12H18O2/c1-3-10-6-5-7-12(8-10)14-9-11(13)4-2/h5-8,11,13H,3-4,9H2,1-2H3. The van der Waals surface area contributed by atoms with Crippen LogP contribution in [0.25, 0.3) is 0 Å².